The quantitative estimate of drug-likeness (QED) is 0.433. The average molecular weight is 385 g/mol. The molecule has 1 aromatic carbocycles. The number of primary amides is 1. The van der Waals surface area contributed by atoms with Crippen LogP contribution in [0, 0.1) is 11.8 Å². The number of ketones is 2. The van der Waals surface area contributed by atoms with Gasteiger partial charge in [-0.1, -0.05) is 19.1 Å². The van der Waals surface area contributed by atoms with Gasteiger partial charge in [-0.2, -0.15) is 0 Å². The predicted molar refractivity (Wildman–Crippen MR) is 95.3 cm³/mol. The lowest BCUT2D eigenvalue weighted by Gasteiger charge is -2.49. The Bertz CT molecular complexity index is 1010. The van der Waals surface area contributed by atoms with Gasteiger partial charge in [-0.25, -0.2) is 0 Å². The third kappa shape index (κ3) is 2.15. The van der Waals surface area contributed by atoms with E-state index in [9.17, 15) is 34.8 Å². The van der Waals surface area contributed by atoms with Crippen molar-refractivity contribution in [1.82, 2.24) is 0 Å². The summed E-state index contributed by atoms with van der Waals surface area (Å²) in [6.45, 7) is 1.73. The minimum absolute atomic E-state index is 0.00644. The molecule has 1 aromatic rings. The summed E-state index contributed by atoms with van der Waals surface area (Å²) in [5, 5.41) is 43.1. The molecule has 3 aliphatic rings. The van der Waals surface area contributed by atoms with E-state index in [0.717, 1.165) is 6.08 Å². The smallest absolute Gasteiger partial charge is 0.252 e. The van der Waals surface area contributed by atoms with Crippen LogP contribution in [0.3, 0.4) is 0 Å². The number of rotatable bonds is 1. The van der Waals surface area contributed by atoms with Gasteiger partial charge in [0.05, 0.1) is 17.2 Å². The zero-order valence-electron chi connectivity index (χ0n) is 14.9. The highest BCUT2D eigenvalue weighted by molar-refractivity contribution is 6.20. The number of phenols is 1. The average Bonchev–Trinajstić information content (AvgIpc) is 2.63. The first kappa shape index (κ1) is 18.4. The molecule has 0 spiro atoms. The van der Waals surface area contributed by atoms with Crippen LogP contribution in [0.5, 0.6) is 5.75 Å². The number of aromatic hydroxyl groups is 1. The topological polar surface area (TPSA) is 158 Å². The van der Waals surface area contributed by atoms with Crippen molar-refractivity contribution in [2.24, 2.45) is 17.6 Å². The summed E-state index contributed by atoms with van der Waals surface area (Å²) in [6.07, 6.45) is -0.931. The molecule has 0 aromatic heterocycles. The standard InChI is InChI=1S/C20H19NO7/c1-7-8-3-2-4-11(22)14(8)17(25)15-13(7)16(24)10-5-12(23)9(19(21)27)6-20(10,28)18(15)26/h2-4,6-7,10,13,16,22,24,26,28H,5H2,1H3,(H2,21,27)/t7-,10+,13+,16+,20-/m0/s1. The van der Waals surface area contributed by atoms with E-state index in [1.165, 1.54) is 6.07 Å². The van der Waals surface area contributed by atoms with Crippen molar-refractivity contribution in [2.75, 3.05) is 0 Å². The van der Waals surface area contributed by atoms with Crippen molar-refractivity contribution in [3.05, 3.63) is 52.3 Å². The minimum Gasteiger partial charge on any atom is -0.508 e. The molecule has 0 saturated carbocycles. The number of benzene rings is 1. The fraction of sp³-hybridized carbons (Fsp3) is 0.350. The number of hydrogen-bond acceptors (Lipinski definition) is 7. The Kier molecular flexibility index (Phi) is 3.79. The van der Waals surface area contributed by atoms with Gasteiger partial charge in [-0.15, -0.1) is 0 Å². The highest BCUT2D eigenvalue weighted by Crippen LogP contribution is 2.53. The Morgan fingerprint density at radius 3 is 2.57 bits per heavy atom. The summed E-state index contributed by atoms with van der Waals surface area (Å²) >= 11 is 0. The highest BCUT2D eigenvalue weighted by atomic mass is 16.3. The minimum atomic E-state index is -2.29. The van der Waals surface area contributed by atoms with E-state index < -0.39 is 64.7 Å². The molecule has 0 fully saturated rings. The summed E-state index contributed by atoms with van der Waals surface area (Å²) in [7, 11) is 0. The summed E-state index contributed by atoms with van der Waals surface area (Å²) in [5.74, 6) is -5.95. The number of nitrogens with two attached hydrogens (primary N) is 1. The lowest BCUT2D eigenvalue weighted by Crippen LogP contribution is -2.58. The van der Waals surface area contributed by atoms with E-state index in [1.807, 2.05) is 0 Å². The van der Waals surface area contributed by atoms with Gasteiger partial charge in [0.25, 0.3) is 5.91 Å². The maximum atomic E-state index is 13.1. The second kappa shape index (κ2) is 5.76. The van der Waals surface area contributed by atoms with Crippen molar-refractivity contribution < 1.29 is 34.8 Å². The van der Waals surface area contributed by atoms with Crippen molar-refractivity contribution in [3.8, 4) is 5.75 Å². The van der Waals surface area contributed by atoms with Gasteiger partial charge in [0, 0.05) is 23.8 Å². The summed E-state index contributed by atoms with van der Waals surface area (Å²) in [4.78, 5) is 36.9. The van der Waals surface area contributed by atoms with Crippen LogP contribution in [0.4, 0.5) is 0 Å². The van der Waals surface area contributed by atoms with Crippen LogP contribution < -0.4 is 5.73 Å². The van der Waals surface area contributed by atoms with Crippen molar-refractivity contribution in [2.45, 2.75) is 31.0 Å². The molecule has 0 radical (unpaired) electrons. The second-order valence-corrected chi connectivity index (χ2v) is 7.62. The van der Waals surface area contributed by atoms with Gasteiger partial charge in [0.2, 0.25) is 0 Å². The van der Waals surface area contributed by atoms with Gasteiger partial charge < -0.3 is 26.2 Å². The zero-order valence-corrected chi connectivity index (χ0v) is 14.9. The number of amides is 1. The Morgan fingerprint density at radius 1 is 1.25 bits per heavy atom. The number of Topliss-reactive ketones (excluding diaryl/α,β-unsaturated/α-hetero) is 2. The van der Waals surface area contributed by atoms with E-state index in [4.69, 9.17) is 5.73 Å². The summed E-state index contributed by atoms with van der Waals surface area (Å²) in [6, 6.07) is 4.56. The van der Waals surface area contributed by atoms with Crippen LogP contribution in [0.15, 0.2) is 41.2 Å². The van der Waals surface area contributed by atoms with Gasteiger partial charge in [-0.05, 0) is 23.6 Å². The molecule has 0 saturated heterocycles. The molecule has 0 heterocycles. The first-order chi connectivity index (χ1) is 13.1. The Balaban J connectivity index is 2.00. The summed E-state index contributed by atoms with van der Waals surface area (Å²) < 4.78 is 0. The van der Waals surface area contributed by atoms with Crippen LogP contribution in [0.2, 0.25) is 0 Å². The fourth-order valence-corrected chi connectivity index (χ4v) is 4.82. The number of hydrogen-bond donors (Lipinski definition) is 5. The Morgan fingerprint density at radius 2 is 1.93 bits per heavy atom. The molecular weight excluding hydrogens is 366 g/mol. The Labute approximate surface area is 159 Å². The van der Waals surface area contributed by atoms with E-state index in [1.54, 1.807) is 19.1 Å². The van der Waals surface area contributed by atoms with Crippen molar-refractivity contribution >= 4 is 17.5 Å². The van der Waals surface area contributed by atoms with Gasteiger partial charge in [-0.3, -0.25) is 14.4 Å². The fourth-order valence-electron chi connectivity index (χ4n) is 4.82. The predicted octanol–water partition coefficient (Wildman–Crippen LogP) is 0.227. The van der Waals surface area contributed by atoms with Crippen LogP contribution in [0.25, 0.3) is 0 Å². The van der Waals surface area contributed by atoms with Gasteiger partial charge >= 0.3 is 0 Å². The van der Waals surface area contributed by atoms with Crippen LogP contribution in [0.1, 0.15) is 35.2 Å². The molecule has 1 amide bonds. The highest BCUT2D eigenvalue weighted by Gasteiger charge is 2.59. The molecule has 28 heavy (non-hydrogen) atoms. The first-order valence-electron chi connectivity index (χ1n) is 8.86. The molecule has 4 rings (SSSR count). The van der Waals surface area contributed by atoms with Gasteiger partial charge in [0.1, 0.15) is 17.1 Å². The molecule has 8 nitrogen and oxygen atoms in total. The van der Waals surface area contributed by atoms with E-state index in [-0.39, 0.29) is 16.9 Å². The zero-order chi connectivity index (χ0) is 20.5. The van der Waals surface area contributed by atoms with Crippen LogP contribution in [-0.2, 0) is 9.59 Å². The number of phenolic OH excluding ortho intramolecular Hbond substituents is 1. The molecule has 8 heteroatoms. The van der Waals surface area contributed by atoms with Crippen molar-refractivity contribution in [3.63, 3.8) is 0 Å². The molecule has 0 unspecified atom stereocenters. The van der Waals surface area contributed by atoms with Crippen molar-refractivity contribution in [1.29, 1.82) is 0 Å². The van der Waals surface area contributed by atoms with Crippen LogP contribution in [-0.4, -0.2) is 49.6 Å². The van der Waals surface area contributed by atoms with E-state index in [0.29, 0.717) is 5.56 Å². The lowest BCUT2D eigenvalue weighted by molar-refractivity contribution is -0.130. The SMILES string of the molecule is C[C@H]1c2cccc(O)c2C(=O)C2=C(O)[C@]3(O)C=C(C(N)=O)C(=O)C[C@@H]3[C@@H](O)[C@@H]21. The number of fused-ring (bicyclic) bond motifs is 3. The maximum Gasteiger partial charge on any atom is 0.252 e. The molecule has 0 bridgehead atoms. The molecule has 6 N–H and O–H groups in total. The van der Waals surface area contributed by atoms with Crippen LogP contribution >= 0.6 is 0 Å². The molecule has 146 valence electrons. The number of aliphatic hydroxyl groups excluding tert-OH is 2. The number of aliphatic hydroxyl groups is 3. The third-order valence-corrected chi connectivity index (χ3v) is 6.22. The molecule has 0 aliphatic heterocycles. The third-order valence-electron chi connectivity index (χ3n) is 6.22. The molecule has 5 atom stereocenters. The van der Waals surface area contributed by atoms with Gasteiger partial charge in [0.15, 0.2) is 11.6 Å². The lowest BCUT2D eigenvalue weighted by atomic mass is 9.57. The first-order valence-corrected chi connectivity index (χ1v) is 8.86. The van der Waals surface area contributed by atoms with E-state index >= 15 is 0 Å². The largest absolute Gasteiger partial charge is 0.508 e. The normalized spacial score (nSPS) is 34.3. The molecule has 3 aliphatic carbocycles. The number of carbonyl (C=O) groups excluding carboxylic acids is 3. The Hall–Kier alpha value is -2.97. The van der Waals surface area contributed by atoms with E-state index in [2.05, 4.69) is 0 Å². The second-order valence-electron chi connectivity index (χ2n) is 7.62. The maximum absolute atomic E-state index is 13.1. The number of carbonyl (C=O) groups is 3. The summed E-state index contributed by atoms with van der Waals surface area (Å²) in [5.41, 5.74) is 2.67. The molecular formula is C20H19NO7. The monoisotopic (exact) mass is 385 g/mol.